The molecule has 0 fully saturated rings. The molecule has 2 heterocycles. The zero-order valence-electron chi connectivity index (χ0n) is 33.6. The van der Waals surface area contributed by atoms with Crippen LogP contribution in [-0.4, -0.2) is 11.7 Å². The summed E-state index contributed by atoms with van der Waals surface area (Å²) in [6.45, 7) is 0. The van der Waals surface area contributed by atoms with Crippen molar-refractivity contribution in [3.63, 3.8) is 0 Å². The Hall–Kier alpha value is -8.08. The fourth-order valence-electron chi connectivity index (χ4n) is 10.5. The maximum atomic E-state index is 6.54. The van der Waals surface area contributed by atoms with Gasteiger partial charge in [-0.1, -0.05) is 182 Å². The summed E-state index contributed by atoms with van der Waals surface area (Å²) < 4.78 is 6.54. The lowest BCUT2D eigenvalue weighted by atomic mass is 9.70. The molecule has 0 saturated heterocycles. The highest BCUT2D eigenvalue weighted by Gasteiger charge is 2.51. The second-order valence-corrected chi connectivity index (χ2v) is 16.5. The molecule has 4 heteroatoms. The highest BCUT2D eigenvalue weighted by molar-refractivity contribution is 6.22. The fourth-order valence-corrected chi connectivity index (χ4v) is 10.5. The molecular formula is C58H37N3O. The average molecular weight is 792 g/mol. The lowest BCUT2D eigenvalue weighted by Crippen LogP contribution is -2.33. The number of rotatable bonds is 5. The average Bonchev–Trinajstić information content (AvgIpc) is 3.98. The number of amidine groups is 2. The molecule has 1 unspecified atom stereocenters. The Bertz CT molecular complexity index is 3440. The van der Waals surface area contributed by atoms with Crippen LogP contribution in [0.4, 0.5) is 0 Å². The zero-order valence-corrected chi connectivity index (χ0v) is 33.6. The van der Waals surface area contributed by atoms with Crippen molar-refractivity contribution in [1.29, 1.82) is 0 Å². The maximum Gasteiger partial charge on any atom is 0.159 e. The van der Waals surface area contributed by atoms with Crippen LogP contribution in [0.5, 0.6) is 0 Å². The van der Waals surface area contributed by atoms with E-state index < -0.39 is 0 Å². The summed E-state index contributed by atoms with van der Waals surface area (Å²) in [6.07, 6.45) is -0.299. The van der Waals surface area contributed by atoms with Gasteiger partial charge >= 0.3 is 0 Å². The van der Waals surface area contributed by atoms with Crippen molar-refractivity contribution < 1.29 is 4.42 Å². The van der Waals surface area contributed by atoms with E-state index in [1.807, 2.05) is 36.4 Å². The Morgan fingerprint density at radius 2 is 0.935 bits per heavy atom. The first kappa shape index (κ1) is 34.8. The Balaban J connectivity index is 0.928. The molecule has 1 N–H and O–H groups in total. The number of benzene rings is 9. The first-order valence-corrected chi connectivity index (χ1v) is 21.3. The van der Waals surface area contributed by atoms with Crippen LogP contribution in [0.25, 0.3) is 66.4 Å². The molecule has 4 nitrogen and oxygen atoms in total. The minimum absolute atomic E-state index is 0.299. The van der Waals surface area contributed by atoms with Crippen LogP contribution in [0.15, 0.2) is 227 Å². The molecule has 0 radical (unpaired) electrons. The van der Waals surface area contributed by atoms with Gasteiger partial charge in [0.25, 0.3) is 0 Å². The molecular weight excluding hydrogens is 755 g/mol. The van der Waals surface area contributed by atoms with Crippen LogP contribution < -0.4 is 5.32 Å². The zero-order chi connectivity index (χ0) is 40.8. The van der Waals surface area contributed by atoms with Gasteiger partial charge in [-0.15, -0.1) is 0 Å². The molecule has 13 rings (SSSR count). The molecule has 1 atom stereocenters. The largest absolute Gasteiger partial charge is 0.456 e. The second kappa shape index (κ2) is 13.5. The van der Waals surface area contributed by atoms with E-state index in [0.717, 1.165) is 55.6 Å². The van der Waals surface area contributed by atoms with Crippen LogP contribution in [0, 0.1) is 0 Å². The van der Waals surface area contributed by atoms with Gasteiger partial charge in [-0.3, -0.25) is 0 Å². The maximum absolute atomic E-state index is 6.54. The van der Waals surface area contributed by atoms with Gasteiger partial charge in [-0.25, -0.2) is 9.98 Å². The van der Waals surface area contributed by atoms with Gasteiger partial charge in [0.05, 0.1) is 5.41 Å². The third-order valence-corrected chi connectivity index (χ3v) is 13.2. The summed E-state index contributed by atoms with van der Waals surface area (Å²) in [7, 11) is 0. The number of aliphatic imine (C=N–C) groups is 2. The van der Waals surface area contributed by atoms with E-state index >= 15 is 0 Å². The van der Waals surface area contributed by atoms with Crippen molar-refractivity contribution in [3.8, 4) is 44.5 Å². The van der Waals surface area contributed by atoms with Crippen molar-refractivity contribution in [2.45, 2.75) is 11.6 Å². The number of fused-ring (bicyclic) bond motifs is 13. The van der Waals surface area contributed by atoms with E-state index in [9.17, 15) is 0 Å². The van der Waals surface area contributed by atoms with Crippen molar-refractivity contribution in [2.75, 3.05) is 0 Å². The Kier molecular flexibility index (Phi) is 7.55. The SMILES string of the molecule is c1ccc(C2=NC(c3ccccc3)NC(c3cccc4oc5ccc(-c6cccc(-c7ccc8c(c7)C7(c9ccccc9-c9ccccc97)c7ccccc7-8)c6)cc5c34)=N2)cc1. The Morgan fingerprint density at radius 1 is 0.403 bits per heavy atom. The predicted molar refractivity (Wildman–Crippen MR) is 253 cm³/mol. The van der Waals surface area contributed by atoms with E-state index in [4.69, 9.17) is 14.4 Å². The molecule has 1 aliphatic heterocycles. The van der Waals surface area contributed by atoms with E-state index in [2.05, 4.69) is 181 Å². The molecule has 1 spiro atoms. The topological polar surface area (TPSA) is 49.9 Å². The normalized spacial score (nSPS) is 15.4. The van der Waals surface area contributed by atoms with Crippen molar-refractivity contribution in [3.05, 3.63) is 251 Å². The van der Waals surface area contributed by atoms with E-state index in [1.165, 1.54) is 55.6 Å². The van der Waals surface area contributed by atoms with Gasteiger partial charge in [-0.2, -0.15) is 0 Å². The molecule has 290 valence electrons. The first-order chi connectivity index (χ1) is 30.7. The number of nitrogens with zero attached hydrogens (tertiary/aromatic N) is 2. The van der Waals surface area contributed by atoms with Gasteiger partial charge in [0, 0.05) is 21.9 Å². The first-order valence-electron chi connectivity index (χ1n) is 21.3. The number of hydrogen-bond acceptors (Lipinski definition) is 4. The van der Waals surface area contributed by atoms with E-state index in [-0.39, 0.29) is 11.6 Å². The molecule has 0 saturated carbocycles. The summed E-state index contributed by atoms with van der Waals surface area (Å²) >= 11 is 0. The van der Waals surface area contributed by atoms with Gasteiger partial charge in [-0.05, 0) is 103 Å². The summed E-state index contributed by atoms with van der Waals surface area (Å²) in [5, 5.41) is 5.74. The van der Waals surface area contributed by atoms with Crippen molar-refractivity contribution in [1.82, 2.24) is 5.32 Å². The van der Waals surface area contributed by atoms with E-state index in [0.29, 0.717) is 5.84 Å². The molecule has 10 aromatic rings. The van der Waals surface area contributed by atoms with E-state index in [1.54, 1.807) is 0 Å². The molecule has 2 aliphatic carbocycles. The Morgan fingerprint density at radius 3 is 1.63 bits per heavy atom. The summed E-state index contributed by atoms with van der Waals surface area (Å²) in [5.41, 5.74) is 19.5. The lowest BCUT2D eigenvalue weighted by molar-refractivity contribution is 0.668. The van der Waals surface area contributed by atoms with Gasteiger partial charge in [0.2, 0.25) is 0 Å². The van der Waals surface area contributed by atoms with Crippen LogP contribution in [-0.2, 0) is 5.41 Å². The van der Waals surface area contributed by atoms with Crippen LogP contribution in [0.2, 0.25) is 0 Å². The summed E-state index contributed by atoms with van der Waals surface area (Å²) in [4.78, 5) is 10.2. The number of furan rings is 1. The van der Waals surface area contributed by atoms with Gasteiger partial charge in [0.15, 0.2) is 5.84 Å². The highest BCUT2D eigenvalue weighted by atomic mass is 16.3. The predicted octanol–water partition coefficient (Wildman–Crippen LogP) is 13.8. The van der Waals surface area contributed by atoms with Crippen molar-refractivity contribution in [2.24, 2.45) is 9.98 Å². The van der Waals surface area contributed by atoms with Crippen LogP contribution in [0.3, 0.4) is 0 Å². The third kappa shape index (κ3) is 5.07. The molecule has 0 bridgehead atoms. The summed E-state index contributed by atoms with van der Waals surface area (Å²) in [6, 6.07) is 76.4. The highest BCUT2D eigenvalue weighted by Crippen LogP contribution is 2.63. The molecule has 62 heavy (non-hydrogen) atoms. The molecule has 9 aromatic carbocycles. The van der Waals surface area contributed by atoms with Gasteiger partial charge < -0.3 is 9.73 Å². The molecule has 0 amide bonds. The summed E-state index contributed by atoms with van der Waals surface area (Å²) in [5.74, 6) is 1.45. The smallest absolute Gasteiger partial charge is 0.159 e. The fraction of sp³-hybridized carbons (Fsp3) is 0.0345. The standard InChI is InChI=1S/C58H37N3O/c1-3-15-36(16-4-1)55-59-56(37-17-5-2-6-18-37)61-57(60-55)46-24-14-28-53-54(46)47-34-40(30-32-52(47)62-53)38-19-13-20-39(33-38)41-29-31-45-44-23-9-12-27-50(44)58(51(45)35-41)48-25-10-7-21-42(48)43-22-8-11-26-49(43)58/h1-35,55H,(H,59,60,61). The van der Waals surface area contributed by atoms with Crippen molar-refractivity contribution >= 4 is 33.6 Å². The van der Waals surface area contributed by atoms with Crippen LogP contribution in [0.1, 0.15) is 45.1 Å². The minimum atomic E-state index is -0.385. The number of hydrogen-bond donors (Lipinski definition) is 1. The third-order valence-electron chi connectivity index (χ3n) is 13.2. The van der Waals surface area contributed by atoms with Crippen LogP contribution >= 0.6 is 0 Å². The van der Waals surface area contributed by atoms with Gasteiger partial charge in [0.1, 0.15) is 23.2 Å². The number of nitrogens with one attached hydrogen (secondary N) is 1. The lowest BCUT2D eigenvalue weighted by Gasteiger charge is -2.30. The minimum Gasteiger partial charge on any atom is -0.456 e. The quantitative estimate of drug-likeness (QED) is 0.189. The molecule has 1 aromatic heterocycles. The molecule has 3 aliphatic rings. The Labute approximate surface area is 359 Å². The second-order valence-electron chi connectivity index (χ2n) is 16.5. The monoisotopic (exact) mass is 791 g/mol.